The highest BCUT2D eigenvalue weighted by Gasteiger charge is 2.23. The van der Waals surface area contributed by atoms with Crippen molar-refractivity contribution in [3.05, 3.63) is 47.0 Å². The predicted molar refractivity (Wildman–Crippen MR) is 74.1 cm³/mol. The van der Waals surface area contributed by atoms with Gasteiger partial charge in [0.15, 0.2) is 5.69 Å². The molecular formula is C15H10FN3O2. The molecule has 1 heterocycles. The molecule has 0 amide bonds. The van der Waals surface area contributed by atoms with Gasteiger partial charge in [0.25, 0.3) is 0 Å². The molecule has 104 valence electrons. The Morgan fingerprint density at radius 2 is 2.24 bits per heavy atom. The number of anilines is 1. The van der Waals surface area contributed by atoms with E-state index in [2.05, 4.69) is 10.7 Å². The molecule has 6 heteroatoms. The first-order valence-electron chi connectivity index (χ1n) is 5.79. The van der Waals surface area contributed by atoms with Crippen LogP contribution < -0.4 is 5.73 Å². The molecule has 2 N–H and O–H groups in total. The lowest BCUT2D eigenvalue weighted by Gasteiger charge is -2.09. The molecular weight excluding hydrogens is 273 g/mol. The molecule has 0 aliphatic heterocycles. The van der Waals surface area contributed by atoms with Gasteiger partial charge in [-0.2, -0.15) is 5.26 Å². The second kappa shape index (κ2) is 5.40. The minimum Gasteiger partial charge on any atom is -0.464 e. The summed E-state index contributed by atoms with van der Waals surface area (Å²) < 4.78 is 19.9. The van der Waals surface area contributed by atoms with Crippen LogP contribution in [0, 0.1) is 29.5 Å². The molecule has 0 fully saturated rings. The van der Waals surface area contributed by atoms with Crippen LogP contribution in [0.5, 0.6) is 0 Å². The Morgan fingerprint density at radius 1 is 1.52 bits per heavy atom. The van der Waals surface area contributed by atoms with Crippen molar-refractivity contribution in [2.45, 2.75) is 0 Å². The number of hydrogen-bond donors (Lipinski definition) is 1. The van der Waals surface area contributed by atoms with Gasteiger partial charge in [-0.05, 0) is 18.2 Å². The molecule has 0 radical (unpaired) electrons. The van der Waals surface area contributed by atoms with Crippen LogP contribution in [0.2, 0.25) is 0 Å². The minimum absolute atomic E-state index is 0.0441. The van der Waals surface area contributed by atoms with Crippen molar-refractivity contribution in [3.63, 3.8) is 0 Å². The van der Waals surface area contributed by atoms with E-state index in [0.717, 1.165) is 6.07 Å². The lowest BCUT2D eigenvalue weighted by atomic mass is 10.2. The number of esters is 1. The summed E-state index contributed by atoms with van der Waals surface area (Å²) in [5, 5.41) is 8.99. The second-order valence-corrected chi connectivity index (χ2v) is 4.09. The number of ether oxygens (including phenoxy) is 1. The largest absolute Gasteiger partial charge is 0.464 e. The van der Waals surface area contributed by atoms with Crippen LogP contribution >= 0.6 is 0 Å². The quantitative estimate of drug-likeness (QED) is 0.673. The molecule has 2 rings (SSSR count). The Kier molecular flexibility index (Phi) is 3.64. The van der Waals surface area contributed by atoms with Gasteiger partial charge in [-0.25, -0.2) is 9.18 Å². The number of carbonyl (C=O) groups excluding carboxylic acids is 1. The van der Waals surface area contributed by atoms with E-state index in [9.17, 15) is 9.18 Å². The van der Waals surface area contributed by atoms with Gasteiger partial charge in [0.2, 0.25) is 0 Å². The zero-order chi connectivity index (χ0) is 15.6. The average molecular weight is 283 g/mol. The summed E-state index contributed by atoms with van der Waals surface area (Å²) in [7, 11) is 1.17. The summed E-state index contributed by atoms with van der Waals surface area (Å²) in [5.74, 6) is 0.892. The van der Waals surface area contributed by atoms with Crippen LogP contribution in [0.15, 0.2) is 24.4 Å². The van der Waals surface area contributed by atoms with Gasteiger partial charge >= 0.3 is 5.97 Å². The van der Waals surface area contributed by atoms with Crippen molar-refractivity contribution in [3.8, 4) is 24.1 Å². The number of benzene rings is 1. The van der Waals surface area contributed by atoms with Crippen molar-refractivity contribution in [2.24, 2.45) is 0 Å². The number of nitrogen functional groups attached to an aromatic ring is 1. The molecule has 0 aliphatic carbocycles. The summed E-state index contributed by atoms with van der Waals surface area (Å²) >= 11 is 0. The number of carbonyl (C=O) groups is 1. The third-order valence-electron chi connectivity index (χ3n) is 2.92. The molecule has 2 aromatic rings. The monoisotopic (exact) mass is 283 g/mol. The van der Waals surface area contributed by atoms with Crippen molar-refractivity contribution >= 4 is 11.7 Å². The maximum absolute atomic E-state index is 14.1. The first-order valence-corrected chi connectivity index (χ1v) is 5.79. The maximum atomic E-state index is 14.1. The molecule has 1 aromatic carbocycles. The maximum Gasteiger partial charge on any atom is 0.357 e. The van der Waals surface area contributed by atoms with Gasteiger partial charge in [0.1, 0.15) is 11.9 Å². The molecule has 0 saturated carbocycles. The number of methoxy groups -OCH3 is 1. The highest BCUT2D eigenvalue weighted by Crippen LogP contribution is 2.26. The normalized spacial score (nSPS) is 9.71. The van der Waals surface area contributed by atoms with E-state index in [0.29, 0.717) is 5.56 Å². The van der Waals surface area contributed by atoms with Gasteiger partial charge in [0, 0.05) is 11.8 Å². The minimum atomic E-state index is -0.769. The Bertz CT molecular complexity index is 810. The number of nitriles is 1. The fourth-order valence-electron chi connectivity index (χ4n) is 1.90. The van der Waals surface area contributed by atoms with Gasteiger partial charge in [-0.15, -0.1) is 6.42 Å². The number of terminal acetylenes is 1. The lowest BCUT2D eigenvalue weighted by Crippen LogP contribution is -2.12. The summed E-state index contributed by atoms with van der Waals surface area (Å²) in [5.41, 5.74) is 6.01. The Balaban J connectivity index is 2.73. The number of halogens is 1. The Hall–Kier alpha value is -3.25. The van der Waals surface area contributed by atoms with Crippen LogP contribution in [0.4, 0.5) is 10.1 Å². The number of nitrogens with zero attached hydrogens (tertiary/aromatic N) is 2. The number of rotatable bonds is 2. The smallest absolute Gasteiger partial charge is 0.357 e. The average Bonchev–Trinajstić information content (AvgIpc) is 2.82. The molecule has 0 aliphatic rings. The van der Waals surface area contributed by atoms with Gasteiger partial charge in [-0.1, -0.05) is 5.92 Å². The third-order valence-corrected chi connectivity index (χ3v) is 2.92. The van der Waals surface area contributed by atoms with Crippen molar-refractivity contribution in [2.75, 3.05) is 12.8 Å². The first kappa shape index (κ1) is 14.2. The van der Waals surface area contributed by atoms with E-state index in [1.54, 1.807) is 0 Å². The fourth-order valence-corrected chi connectivity index (χ4v) is 1.90. The van der Waals surface area contributed by atoms with Crippen LogP contribution in [-0.4, -0.2) is 17.6 Å². The topological polar surface area (TPSA) is 81.0 Å². The van der Waals surface area contributed by atoms with Crippen molar-refractivity contribution < 1.29 is 13.9 Å². The highest BCUT2D eigenvalue weighted by molar-refractivity contribution is 5.95. The molecule has 0 atom stereocenters. The number of nitrogens with two attached hydrogens (primary N) is 1. The molecule has 0 unspecified atom stereocenters. The SMILES string of the molecule is C#Cc1ccc(-n2cc(C#N)c(N)c2C(=O)OC)c(F)c1. The molecule has 0 bridgehead atoms. The van der Waals surface area contributed by atoms with E-state index in [4.69, 9.17) is 17.4 Å². The first-order chi connectivity index (χ1) is 10.0. The van der Waals surface area contributed by atoms with Crippen LogP contribution in [0.3, 0.4) is 0 Å². The van der Waals surface area contributed by atoms with Gasteiger partial charge < -0.3 is 15.0 Å². The fraction of sp³-hybridized carbons (Fsp3) is 0.0667. The number of aromatic nitrogens is 1. The van der Waals surface area contributed by atoms with Crippen LogP contribution in [0.1, 0.15) is 21.6 Å². The summed E-state index contributed by atoms with van der Waals surface area (Å²) in [6, 6.07) is 5.91. The second-order valence-electron chi connectivity index (χ2n) is 4.09. The van der Waals surface area contributed by atoms with E-state index < -0.39 is 11.8 Å². The van der Waals surface area contributed by atoms with E-state index in [1.165, 1.54) is 30.0 Å². The van der Waals surface area contributed by atoms with Crippen LogP contribution in [0.25, 0.3) is 5.69 Å². The van der Waals surface area contributed by atoms with Crippen molar-refractivity contribution in [1.82, 2.24) is 4.57 Å². The lowest BCUT2D eigenvalue weighted by molar-refractivity contribution is 0.0593. The van der Waals surface area contributed by atoms with Crippen LogP contribution in [-0.2, 0) is 4.74 Å². The van der Waals surface area contributed by atoms with E-state index in [1.807, 2.05) is 6.07 Å². The number of hydrogen-bond acceptors (Lipinski definition) is 4. The summed E-state index contributed by atoms with van der Waals surface area (Å²) in [6.45, 7) is 0. The zero-order valence-electron chi connectivity index (χ0n) is 11.1. The molecule has 1 aromatic heterocycles. The van der Waals surface area contributed by atoms with E-state index >= 15 is 0 Å². The van der Waals surface area contributed by atoms with E-state index in [-0.39, 0.29) is 22.6 Å². The standard InChI is InChI=1S/C15H10FN3O2/c1-3-9-4-5-12(11(16)6-9)19-8-10(7-17)13(18)14(19)15(20)21-2/h1,4-6,8H,18H2,2H3. The third kappa shape index (κ3) is 2.31. The summed E-state index contributed by atoms with van der Waals surface area (Å²) in [4.78, 5) is 11.8. The molecule has 0 spiro atoms. The van der Waals surface area contributed by atoms with Gasteiger partial charge in [0.05, 0.1) is 24.0 Å². The Labute approximate surface area is 120 Å². The zero-order valence-corrected chi connectivity index (χ0v) is 11.1. The van der Waals surface area contributed by atoms with Crippen molar-refractivity contribution in [1.29, 1.82) is 5.26 Å². The molecule has 0 saturated heterocycles. The predicted octanol–water partition coefficient (Wildman–Crippen LogP) is 1.84. The highest BCUT2D eigenvalue weighted by atomic mass is 19.1. The Morgan fingerprint density at radius 3 is 2.76 bits per heavy atom. The molecule has 5 nitrogen and oxygen atoms in total. The van der Waals surface area contributed by atoms with Gasteiger partial charge in [-0.3, -0.25) is 0 Å². The molecule has 21 heavy (non-hydrogen) atoms. The summed E-state index contributed by atoms with van der Waals surface area (Å²) in [6.07, 6.45) is 6.47.